The van der Waals surface area contributed by atoms with Crippen LogP contribution in [0, 0.1) is 24.7 Å². The second-order valence-electron chi connectivity index (χ2n) is 20.1. The van der Waals surface area contributed by atoms with Crippen LogP contribution in [0.5, 0.6) is 0 Å². The number of rotatable bonds is 7. The van der Waals surface area contributed by atoms with Gasteiger partial charge in [-0.05, 0) is 85.3 Å². The largest absolute Gasteiger partial charge is 0.661 e. The van der Waals surface area contributed by atoms with E-state index in [0.29, 0.717) is 35.8 Å². The van der Waals surface area contributed by atoms with E-state index in [1.807, 2.05) is 0 Å². The van der Waals surface area contributed by atoms with Gasteiger partial charge < -0.3 is 37.7 Å². The number of aliphatic hydroxyl groups excluding tert-OH is 1. The van der Waals surface area contributed by atoms with Gasteiger partial charge in [-0.2, -0.15) is 36.8 Å². The van der Waals surface area contributed by atoms with Crippen LogP contribution in [0.25, 0.3) is 65.6 Å². The molecule has 2 saturated carbocycles. The molecule has 2 saturated heterocycles. The Bertz CT molecular complexity index is 2690. The molecule has 0 spiro atoms. The standard InChI is InChI=1S/2C29H30N2.C5H8O2.Ir/c2*1-3-10-28-25(7-1)26-8-2-4-11-29(26)31(28)24-18-16-22(17-19-24)21-12-14-23(15-13-21)27-9-5-6-20-30-27;1-4(6)3-5(2)7;/h2*1-4,7-8,10-11,14,16-19,21,23,27H,5-6,9,12-13,15,20H2;3,6H,1-2H3;/q2*-2;;/b;;4-3-;. The zero-order valence-corrected chi connectivity index (χ0v) is 43.3. The van der Waals surface area contributed by atoms with Crippen molar-refractivity contribution in [3.63, 3.8) is 0 Å². The summed E-state index contributed by atoms with van der Waals surface area (Å²) in [6.07, 6.45) is 21.9. The Morgan fingerprint density at radius 3 is 1.13 bits per heavy atom. The number of hydrogen-bond donors (Lipinski definition) is 1. The molecule has 2 aromatic heterocycles. The van der Waals surface area contributed by atoms with E-state index in [2.05, 4.69) is 168 Å². The summed E-state index contributed by atoms with van der Waals surface area (Å²) >= 11 is 0. The minimum Gasteiger partial charge on any atom is -0.661 e. The number of aliphatic hydroxyl groups is 1. The van der Waals surface area contributed by atoms with Crippen molar-refractivity contribution >= 4 is 49.4 Å². The molecule has 6 nitrogen and oxygen atoms in total. The number of para-hydroxylation sites is 4. The molecule has 6 atom stereocenters. The Labute approximate surface area is 429 Å². The molecule has 0 bridgehead atoms. The van der Waals surface area contributed by atoms with Gasteiger partial charge in [-0.15, -0.1) is 13.1 Å². The minimum atomic E-state index is -0.125. The number of benzene rings is 6. The monoisotopic (exact) mass is 1110 g/mol. The Morgan fingerprint density at radius 2 is 0.857 bits per heavy atom. The fourth-order valence-corrected chi connectivity index (χ4v) is 12.1. The average molecular weight is 1110 g/mol. The van der Waals surface area contributed by atoms with Gasteiger partial charge in [0.05, 0.1) is 27.8 Å². The molecule has 70 heavy (non-hydrogen) atoms. The molecule has 2 aliphatic carbocycles. The third-order valence-electron chi connectivity index (χ3n) is 15.5. The molecule has 1 N–H and O–H groups in total. The van der Waals surface area contributed by atoms with E-state index in [0.717, 1.165) is 13.1 Å². The molecule has 6 unspecified atom stereocenters. The van der Waals surface area contributed by atoms with E-state index in [1.54, 1.807) is 0 Å². The first-order chi connectivity index (χ1) is 33.9. The van der Waals surface area contributed by atoms with Gasteiger partial charge in [0.15, 0.2) is 5.78 Å². The molecule has 7 heteroatoms. The van der Waals surface area contributed by atoms with Crippen molar-refractivity contribution in [2.45, 2.75) is 115 Å². The second-order valence-corrected chi connectivity index (χ2v) is 20.1. The van der Waals surface area contributed by atoms with Gasteiger partial charge in [-0.25, -0.2) is 0 Å². The van der Waals surface area contributed by atoms with Crippen molar-refractivity contribution in [3.8, 4) is 11.4 Å². The summed E-state index contributed by atoms with van der Waals surface area (Å²) in [5.41, 5.74) is 10.6. The number of allylic oxidation sites excluding steroid dienone is 2. The van der Waals surface area contributed by atoms with Gasteiger partial charge in [-0.3, -0.25) is 4.79 Å². The minimum absolute atomic E-state index is 0. The number of hydrogen-bond acceptors (Lipinski definition) is 2. The van der Waals surface area contributed by atoms with Crippen molar-refractivity contribution in [2.75, 3.05) is 13.1 Å². The van der Waals surface area contributed by atoms with Crippen molar-refractivity contribution in [3.05, 3.63) is 192 Å². The predicted octanol–water partition coefficient (Wildman–Crippen LogP) is 16.6. The molecular formula is C63H68IrN4O2-4. The average Bonchev–Trinajstić information content (AvgIpc) is 3.93. The smallest absolute Gasteiger partial charge is 0.155 e. The van der Waals surface area contributed by atoms with Crippen molar-refractivity contribution in [1.82, 2.24) is 9.13 Å². The SMILES string of the molecule is CC(=O)/C=C(/C)O.[Ir].c1ccc2c(c1)c1ccccc1n2-c1ccc(C2C[CH-]C(C3CCCC[N-]3)CC2)cc1.c1ccc2c(c1)c1ccccc1n2-c1ccc(C2C[CH-]C(C3CCCC[N-]3)CC2)cc1. The zero-order valence-electron chi connectivity index (χ0n) is 40.9. The van der Waals surface area contributed by atoms with Crippen LogP contribution in [0.1, 0.15) is 114 Å². The summed E-state index contributed by atoms with van der Waals surface area (Å²) in [6, 6.07) is 54.9. The number of nitrogens with zero attached hydrogens (tertiary/aromatic N) is 4. The number of carbonyl (C=O) groups excluding carboxylic acids is 1. The molecule has 1 radical (unpaired) electrons. The number of ketones is 1. The van der Waals surface area contributed by atoms with Crippen molar-refractivity contribution in [2.24, 2.45) is 11.8 Å². The van der Waals surface area contributed by atoms with Crippen LogP contribution in [-0.4, -0.2) is 45.2 Å². The van der Waals surface area contributed by atoms with E-state index in [-0.39, 0.29) is 31.6 Å². The fraction of sp³-hybridized carbons (Fsp3) is 0.349. The van der Waals surface area contributed by atoms with E-state index < -0.39 is 0 Å². The molecule has 365 valence electrons. The van der Waals surface area contributed by atoms with Crippen LogP contribution in [0.3, 0.4) is 0 Å². The summed E-state index contributed by atoms with van der Waals surface area (Å²) in [5.74, 6) is 2.69. The number of carbonyl (C=O) groups is 1. The second kappa shape index (κ2) is 23.3. The van der Waals surface area contributed by atoms with Gasteiger partial charge >= 0.3 is 0 Å². The van der Waals surface area contributed by atoms with E-state index in [4.69, 9.17) is 15.7 Å². The van der Waals surface area contributed by atoms with Crippen LogP contribution in [-0.2, 0) is 24.9 Å². The summed E-state index contributed by atoms with van der Waals surface area (Å²) < 4.78 is 4.81. The Kier molecular flexibility index (Phi) is 16.5. The van der Waals surface area contributed by atoms with Crippen LogP contribution >= 0.6 is 0 Å². The molecule has 4 aliphatic rings. The molecule has 0 amide bonds. The summed E-state index contributed by atoms with van der Waals surface area (Å²) in [6.45, 7) is 5.02. The molecule has 12 rings (SSSR count). The first-order valence-electron chi connectivity index (χ1n) is 25.9. The van der Waals surface area contributed by atoms with Crippen LogP contribution in [0.2, 0.25) is 0 Å². The number of piperidine rings is 2. The zero-order chi connectivity index (χ0) is 47.1. The summed E-state index contributed by atoms with van der Waals surface area (Å²) in [5, 5.41) is 23.5. The van der Waals surface area contributed by atoms with Crippen LogP contribution < -0.4 is 0 Å². The fourth-order valence-electron chi connectivity index (χ4n) is 12.1. The maximum atomic E-state index is 10.0. The molecule has 4 fully saturated rings. The summed E-state index contributed by atoms with van der Waals surface area (Å²) in [4.78, 5) is 10.0. The van der Waals surface area contributed by atoms with Crippen LogP contribution in [0.15, 0.2) is 157 Å². The van der Waals surface area contributed by atoms with Gasteiger partial charge in [-0.1, -0.05) is 161 Å². The van der Waals surface area contributed by atoms with Gasteiger partial charge in [0, 0.05) is 59.1 Å². The molecule has 6 aromatic carbocycles. The topological polar surface area (TPSA) is 75.4 Å². The number of aromatic nitrogens is 2. The Hall–Kier alpha value is -5.30. The Balaban J connectivity index is 0.000000151. The van der Waals surface area contributed by atoms with E-state index in [1.165, 1.54) is 163 Å². The van der Waals surface area contributed by atoms with E-state index >= 15 is 0 Å². The molecule has 8 aromatic rings. The first kappa shape index (κ1) is 49.7. The maximum Gasteiger partial charge on any atom is 0.155 e. The molecule has 4 heterocycles. The normalized spacial score (nSPS) is 22.9. The van der Waals surface area contributed by atoms with Crippen molar-refractivity contribution < 1.29 is 30.0 Å². The quantitative estimate of drug-likeness (QED) is 0.0981. The van der Waals surface area contributed by atoms with Gasteiger partial charge in [0.1, 0.15) is 0 Å². The number of fused-ring (bicyclic) bond motifs is 6. The van der Waals surface area contributed by atoms with Crippen molar-refractivity contribution in [1.29, 1.82) is 0 Å². The third-order valence-corrected chi connectivity index (χ3v) is 15.5. The Morgan fingerprint density at radius 1 is 0.500 bits per heavy atom. The summed E-state index contributed by atoms with van der Waals surface area (Å²) in [7, 11) is 0. The first-order valence-corrected chi connectivity index (χ1v) is 25.9. The maximum absolute atomic E-state index is 10.0. The molecule has 2 aliphatic heterocycles. The predicted molar refractivity (Wildman–Crippen MR) is 289 cm³/mol. The third kappa shape index (κ3) is 11.1. The van der Waals surface area contributed by atoms with Gasteiger partial charge in [0.25, 0.3) is 0 Å². The van der Waals surface area contributed by atoms with Crippen LogP contribution in [0.4, 0.5) is 0 Å². The van der Waals surface area contributed by atoms with E-state index in [9.17, 15) is 4.79 Å². The van der Waals surface area contributed by atoms with Gasteiger partial charge in [0.2, 0.25) is 0 Å². The molecular weight excluding hydrogens is 1040 g/mol.